The van der Waals surface area contributed by atoms with Crippen molar-refractivity contribution in [2.45, 2.75) is 6.92 Å². The van der Waals surface area contributed by atoms with Gasteiger partial charge in [-0.2, -0.15) is 0 Å². The van der Waals surface area contributed by atoms with Crippen molar-refractivity contribution in [2.75, 3.05) is 0 Å². The van der Waals surface area contributed by atoms with Gasteiger partial charge >= 0.3 is 0 Å². The van der Waals surface area contributed by atoms with E-state index in [2.05, 4.69) is 6.58 Å². The van der Waals surface area contributed by atoms with Gasteiger partial charge in [0.1, 0.15) is 0 Å². The van der Waals surface area contributed by atoms with Gasteiger partial charge in [-0.25, -0.2) is 0 Å². The van der Waals surface area contributed by atoms with Gasteiger partial charge in [0.2, 0.25) is 5.91 Å². The van der Waals surface area contributed by atoms with Crippen molar-refractivity contribution < 1.29 is 4.79 Å². The van der Waals surface area contributed by atoms with Gasteiger partial charge in [0.05, 0.1) is 0 Å². The molecule has 0 aliphatic heterocycles. The maximum atomic E-state index is 10.5. The molecule has 2 N–H and O–H groups in total. The highest BCUT2D eigenvalue weighted by atomic mass is 16.1. The van der Waals surface area contributed by atoms with E-state index in [-0.39, 0.29) is 0 Å². The molecule has 2 nitrogen and oxygen atoms in total. The summed E-state index contributed by atoms with van der Waals surface area (Å²) in [4.78, 5) is 10.5. The molecule has 0 heterocycles. The van der Waals surface area contributed by atoms with Crippen molar-refractivity contribution in [1.29, 1.82) is 0 Å². The van der Waals surface area contributed by atoms with Crippen LogP contribution in [0.1, 0.15) is 6.92 Å². The topological polar surface area (TPSA) is 43.1 Å². The smallest absolute Gasteiger partial charge is 0.248 e. The molecule has 0 aromatic heterocycles. The number of amides is 1. The second-order valence-corrected chi connectivity index (χ2v) is 1.72. The fourth-order valence-electron chi connectivity index (χ4n) is 0.526. The van der Waals surface area contributed by atoms with E-state index in [4.69, 9.17) is 5.73 Å². The van der Waals surface area contributed by atoms with Crippen LogP contribution in [0.4, 0.5) is 0 Å². The van der Waals surface area contributed by atoms with Gasteiger partial charge in [-0.15, -0.1) is 0 Å². The Morgan fingerprint density at radius 2 is 2.20 bits per heavy atom. The molecule has 0 atom stereocenters. The Morgan fingerprint density at radius 1 is 1.60 bits per heavy atom. The van der Waals surface area contributed by atoms with Crippen LogP contribution in [-0.2, 0) is 4.79 Å². The van der Waals surface area contributed by atoms with Crippen LogP contribution >= 0.6 is 0 Å². The van der Waals surface area contributed by atoms with Crippen molar-refractivity contribution in [3.63, 3.8) is 0 Å². The minimum Gasteiger partial charge on any atom is -0.366 e. The molecular weight excluding hydrogens is 126 g/mol. The van der Waals surface area contributed by atoms with E-state index < -0.39 is 5.91 Å². The van der Waals surface area contributed by atoms with Gasteiger partial charge < -0.3 is 5.73 Å². The first-order valence-electron chi connectivity index (χ1n) is 2.97. The van der Waals surface area contributed by atoms with E-state index in [0.29, 0.717) is 5.57 Å². The van der Waals surface area contributed by atoms with E-state index in [1.807, 2.05) is 6.92 Å². The van der Waals surface area contributed by atoms with Crippen LogP contribution in [0.15, 0.2) is 36.5 Å². The van der Waals surface area contributed by atoms with Gasteiger partial charge in [0.15, 0.2) is 0 Å². The largest absolute Gasteiger partial charge is 0.366 e. The second kappa shape index (κ2) is 4.56. The Hall–Kier alpha value is -1.31. The first-order chi connectivity index (χ1) is 4.72. The fourth-order valence-corrected chi connectivity index (χ4v) is 0.526. The molecule has 2 heteroatoms. The Kier molecular flexibility index (Phi) is 3.96. The third-order valence-electron chi connectivity index (χ3n) is 0.928. The molecule has 0 rings (SSSR count). The van der Waals surface area contributed by atoms with Gasteiger partial charge in [-0.05, 0) is 6.92 Å². The molecule has 0 saturated carbocycles. The zero-order valence-electron chi connectivity index (χ0n) is 6.00. The summed E-state index contributed by atoms with van der Waals surface area (Å²) in [5.41, 5.74) is 5.47. The van der Waals surface area contributed by atoms with Gasteiger partial charge in [-0.3, -0.25) is 4.79 Å². The highest BCUT2D eigenvalue weighted by Gasteiger charge is 1.95. The highest BCUT2D eigenvalue weighted by Crippen LogP contribution is 1.94. The number of carbonyl (C=O) groups is 1. The lowest BCUT2D eigenvalue weighted by atomic mass is 10.2. The predicted octanol–water partition coefficient (Wildman–Crippen LogP) is 1.16. The fraction of sp³-hybridized carbons (Fsp3) is 0.125. The number of hydrogen-bond donors (Lipinski definition) is 1. The second-order valence-electron chi connectivity index (χ2n) is 1.72. The van der Waals surface area contributed by atoms with E-state index in [1.54, 1.807) is 18.2 Å². The quantitative estimate of drug-likeness (QED) is 0.460. The number of nitrogens with two attached hydrogens (primary N) is 1. The summed E-state index contributed by atoms with van der Waals surface area (Å²) in [7, 11) is 0. The summed E-state index contributed by atoms with van der Waals surface area (Å²) in [5, 5.41) is 0. The molecule has 0 aromatic rings. The minimum atomic E-state index is -0.432. The van der Waals surface area contributed by atoms with Crippen LogP contribution in [0, 0.1) is 0 Å². The molecule has 0 aliphatic rings. The van der Waals surface area contributed by atoms with E-state index in [1.165, 1.54) is 6.08 Å². The van der Waals surface area contributed by atoms with Crippen molar-refractivity contribution in [3.05, 3.63) is 36.5 Å². The van der Waals surface area contributed by atoms with Crippen molar-refractivity contribution >= 4 is 5.91 Å². The summed E-state index contributed by atoms with van der Waals surface area (Å²) in [6, 6.07) is 0. The van der Waals surface area contributed by atoms with Crippen molar-refractivity contribution in [2.24, 2.45) is 5.73 Å². The van der Waals surface area contributed by atoms with Crippen molar-refractivity contribution in [1.82, 2.24) is 0 Å². The highest BCUT2D eigenvalue weighted by molar-refractivity contribution is 5.95. The standard InChI is InChI=1S/C8H11NO/c1-3-5-7(6-4-2)8(9)10/h3-6H,1H2,2H3,(H2,9,10)/b6-4?,7-5+. The van der Waals surface area contributed by atoms with E-state index in [9.17, 15) is 4.79 Å². The third kappa shape index (κ3) is 2.87. The Balaban J connectivity index is 4.41. The summed E-state index contributed by atoms with van der Waals surface area (Å²) in [6.07, 6.45) is 6.49. The molecule has 10 heavy (non-hydrogen) atoms. The molecule has 0 saturated heterocycles. The number of rotatable bonds is 3. The Bertz CT molecular complexity index is 189. The zero-order chi connectivity index (χ0) is 7.98. The lowest BCUT2D eigenvalue weighted by Gasteiger charge is -1.90. The normalized spacial score (nSPS) is 11.9. The van der Waals surface area contributed by atoms with Crippen LogP contribution in [0.25, 0.3) is 0 Å². The molecule has 1 amide bonds. The Morgan fingerprint density at radius 3 is 2.50 bits per heavy atom. The van der Waals surface area contributed by atoms with Gasteiger partial charge in [0, 0.05) is 5.57 Å². The van der Waals surface area contributed by atoms with Gasteiger partial charge in [-0.1, -0.05) is 30.9 Å². The lowest BCUT2D eigenvalue weighted by Crippen LogP contribution is -2.11. The predicted molar refractivity (Wildman–Crippen MR) is 42.3 cm³/mol. The third-order valence-corrected chi connectivity index (χ3v) is 0.928. The zero-order valence-corrected chi connectivity index (χ0v) is 6.00. The minimum absolute atomic E-state index is 0.432. The molecule has 0 unspecified atom stereocenters. The van der Waals surface area contributed by atoms with E-state index >= 15 is 0 Å². The first kappa shape index (κ1) is 8.69. The summed E-state index contributed by atoms with van der Waals surface area (Å²) in [6.45, 7) is 5.27. The molecular formula is C8H11NO. The SMILES string of the molecule is C=C/C=C(\C=CC)C(N)=O. The summed E-state index contributed by atoms with van der Waals surface area (Å²) < 4.78 is 0. The lowest BCUT2D eigenvalue weighted by molar-refractivity contribution is -0.114. The molecule has 0 radical (unpaired) electrons. The number of allylic oxidation sites excluding steroid dienone is 3. The molecule has 0 aliphatic carbocycles. The number of primary amides is 1. The summed E-state index contributed by atoms with van der Waals surface area (Å²) in [5.74, 6) is -0.432. The summed E-state index contributed by atoms with van der Waals surface area (Å²) >= 11 is 0. The molecule has 0 spiro atoms. The molecule has 54 valence electrons. The van der Waals surface area contributed by atoms with Crippen LogP contribution in [0.3, 0.4) is 0 Å². The number of hydrogen-bond acceptors (Lipinski definition) is 1. The number of carbonyl (C=O) groups excluding carboxylic acids is 1. The van der Waals surface area contributed by atoms with Crippen molar-refractivity contribution in [3.8, 4) is 0 Å². The maximum Gasteiger partial charge on any atom is 0.248 e. The molecule has 0 fully saturated rings. The average molecular weight is 137 g/mol. The van der Waals surface area contributed by atoms with Crippen LogP contribution in [0.2, 0.25) is 0 Å². The average Bonchev–Trinajstić information content (AvgIpc) is 1.87. The Labute approximate surface area is 60.7 Å². The monoisotopic (exact) mass is 137 g/mol. The molecule has 0 aromatic carbocycles. The van der Waals surface area contributed by atoms with E-state index in [0.717, 1.165) is 0 Å². The van der Waals surface area contributed by atoms with Gasteiger partial charge in [0.25, 0.3) is 0 Å². The van der Waals surface area contributed by atoms with Crippen LogP contribution < -0.4 is 5.73 Å². The maximum absolute atomic E-state index is 10.5. The van der Waals surface area contributed by atoms with Crippen LogP contribution in [-0.4, -0.2) is 5.91 Å². The van der Waals surface area contributed by atoms with Crippen LogP contribution in [0.5, 0.6) is 0 Å². The first-order valence-corrected chi connectivity index (χ1v) is 2.97. The molecule has 0 bridgehead atoms.